The summed E-state index contributed by atoms with van der Waals surface area (Å²) in [5.41, 5.74) is 5.12. The normalized spacial score (nSPS) is 12.7. The van der Waals surface area contributed by atoms with Crippen molar-refractivity contribution >= 4 is 44.8 Å². The van der Waals surface area contributed by atoms with Gasteiger partial charge < -0.3 is 9.97 Å². The van der Waals surface area contributed by atoms with Crippen molar-refractivity contribution in [1.29, 1.82) is 0 Å². The van der Waals surface area contributed by atoms with E-state index < -0.39 is 14.9 Å². The van der Waals surface area contributed by atoms with Crippen molar-refractivity contribution in [1.82, 2.24) is 9.97 Å². The zero-order valence-corrected chi connectivity index (χ0v) is 27.9. The molecule has 0 aliphatic carbocycles. The van der Waals surface area contributed by atoms with Gasteiger partial charge in [0.1, 0.15) is 5.82 Å². The smallest absolute Gasteiger partial charge is 0.124 e. The van der Waals surface area contributed by atoms with Crippen LogP contribution in [0.5, 0.6) is 0 Å². The molecule has 0 spiro atoms. The van der Waals surface area contributed by atoms with Crippen LogP contribution in [-0.2, 0) is 20.1 Å². The second-order valence-electron chi connectivity index (χ2n) is 11.1. The number of hydrogen-bond donors (Lipinski definition) is 0. The molecule has 0 saturated heterocycles. The van der Waals surface area contributed by atoms with E-state index in [2.05, 4.69) is 73.8 Å². The number of aromatic nitrogens is 2. The summed E-state index contributed by atoms with van der Waals surface area (Å²) in [4.78, 5) is 9.00. The number of halogens is 1. The second-order valence-corrected chi connectivity index (χ2v) is 17.3. The Balaban J connectivity index is 0.000000199. The van der Waals surface area contributed by atoms with Gasteiger partial charge in [-0.15, -0.1) is 59.2 Å². The molecule has 6 aromatic rings. The summed E-state index contributed by atoms with van der Waals surface area (Å²) < 4.78 is 37.6. The molecule has 0 fully saturated rings. The van der Waals surface area contributed by atoms with E-state index in [0.29, 0.717) is 11.5 Å². The van der Waals surface area contributed by atoms with Gasteiger partial charge in [-0.3, -0.25) is 0 Å². The molecular weight excluding hydrogens is 720 g/mol. The average Bonchev–Trinajstić information content (AvgIpc) is 3.34. The van der Waals surface area contributed by atoms with Crippen LogP contribution in [0, 0.1) is 24.8 Å². The van der Waals surface area contributed by atoms with Gasteiger partial charge in [-0.2, -0.15) is 11.3 Å². The van der Waals surface area contributed by atoms with Gasteiger partial charge in [-0.25, -0.2) is 4.39 Å². The van der Waals surface area contributed by atoms with E-state index in [0.717, 1.165) is 42.7 Å². The number of aryl methyl sites for hydroxylation is 1. The van der Waals surface area contributed by atoms with E-state index in [1.54, 1.807) is 29.5 Å². The van der Waals surface area contributed by atoms with Gasteiger partial charge in [-0.05, 0) is 50.8 Å². The molecule has 0 amide bonds. The second kappa shape index (κ2) is 12.9. The van der Waals surface area contributed by atoms with Crippen LogP contribution >= 0.6 is 11.3 Å². The van der Waals surface area contributed by atoms with E-state index in [-0.39, 0.29) is 25.9 Å². The molecular formula is C35H33FIrN2SSi-2. The minimum absolute atomic E-state index is 0. The third-order valence-electron chi connectivity index (χ3n) is 6.82. The van der Waals surface area contributed by atoms with E-state index in [1.807, 2.05) is 36.7 Å². The van der Waals surface area contributed by atoms with Gasteiger partial charge in [0.25, 0.3) is 0 Å². The molecule has 0 aliphatic heterocycles. The van der Waals surface area contributed by atoms with Crippen LogP contribution in [0.3, 0.4) is 0 Å². The molecule has 211 valence electrons. The molecule has 0 N–H and O–H groups in total. The predicted molar refractivity (Wildman–Crippen MR) is 172 cm³/mol. The Labute approximate surface area is 265 Å². The topological polar surface area (TPSA) is 25.8 Å². The first kappa shape index (κ1) is 26.8. The summed E-state index contributed by atoms with van der Waals surface area (Å²) in [6.07, 6.45) is 3.78. The van der Waals surface area contributed by atoms with Crippen LogP contribution < -0.4 is 5.19 Å². The van der Waals surface area contributed by atoms with Gasteiger partial charge in [-0.1, -0.05) is 75.6 Å². The maximum Gasteiger partial charge on any atom is 0.124 e. The van der Waals surface area contributed by atoms with Crippen LogP contribution in [-0.4, -0.2) is 18.0 Å². The fraction of sp³-hybridized carbons (Fsp3) is 0.200. The number of rotatable bonds is 4. The molecule has 1 radical (unpaired) electrons. The van der Waals surface area contributed by atoms with Gasteiger partial charge in [0, 0.05) is 41.3 Å². The number of hydrogen-bond acceptors (Lipinski definition) is 3. The van der Waals surface area contributed by atoms with Crippen LogP contribution in [0.15, 0.2) is 85.2 Å². The maximum absolute atomic E-state index is 13.5. The maximum atomic E-state index is 13.5. The summed E-state index contributed by atoms with van der Waals surface area (Å²) in [6, 6.07) is 28.4. The van der Waals surface area contributed by atoms with Crippen molar-refractivity contribution < 1.29 is 28.6 Å². The van der Waals surface area contributed by atoms with Crippen molar-refractivity contribution in [3.8, 4) is 22.5 Å². The van der Waals surface area contributed by atoms with E-state index in [1.165, 1.54) is 22.9 Å². The number of fused-ring (bicyclic) bond motifs is 3. The summed E-state index contributed by atoms with van der Waals surface area (Å²) in [7, 11) is -1.34. The first-order valence-electron chi connectivity index (χ1n) is 14.8. The Morgan fingerprint density at radius 3 is 2.39 bits per heavy atom. The minimum Gasteiger partial charge on any atom is -0.305 e. The van der Waals surface area contributed by atoms with Crippen molar-refractivity contribution in [2.24, 2.45) is 0 Å². The van der Waals surface area contributed by atoms with Crippen molar-refractivity contribution in [2.75, 3.05) is 0 Å². The molecule has 41 heavy (non-hydrogen) atoms. The zero-order valence-electron chi connectivity index (χ0n) is 26.7. The van der Waals surface area contributed by atoms with Crippen LogP contribution in [0.2, 0.25) is 19.6 Å². The SMILES string of the molecule is CC(C)c1ccnc(-c2[c-]ccc3c2sc2cc(F)ccc23)c1.[2H]C([2H])([2H])c1c[c-]c(-c2ccc([Si](C)(C)C)cn2)cc1.[Ir]. The standard InChI is InChI=1S/C20H15FNS.C15H18NSi.Ir/c1-12(2)13-8-9-22-18(10-13)17-5-3-4-16-15-7-6-14(21)11-19(15)23-20(16)17;1-12-5-7-13(8-6-12)15-10-9-14(11-16-15)17(2,3)4;/h3-4,6-12H,1-2H3;5-7,9-11H,1-4H3;/q2*-1;/i;1D3;. The Morgan fingerprint density at radius 2 is 1.73 bits per heavy atom. The van der Waals surface area contributed by atoms with Crippen molar-refractivity contribution in [3.05, 3.63) is 114 Å². The third kappa shape index (κ3) is 7.07. The monoisotopic (exact) mass is 756 g/mol. The Morgan fingerprint density at radius 1 is 0.902 bits per heavy atom. The van der Waals surface area contributed by atoms with Crippen LogP contribution in [0.25, 0.3) is 42.7 Å². The van der Waals surface area contributed by atoms with Crippen molar-refractivity contribution in [2.45, 2.75) is 46.3 Å². The van der Waals surface area contributed by atoms with E-state index in [4.69, 9.17) is 4.11 Å². The summed E-state index contributed by atoms with van der Waals surface area (Å²) >= 11 is 1.60. The van der Waals surface area contributed by atoms with E-state index in [9.17, 15) is 4.39 Å². The first-order chi connectivity index (χ1) is 20.3. The van der Waals surface area contributed by atoms with Crippen LogP contribution in [0.4, 0.5) is 4.39 Å². The third-order valence-corrected chi connectivity index (χ3v) is 10.0. The molecule has 0 atom stereocenters. The fourth-order valence-corrected chi connectivity index (χ4v) is 6.70. The molecule has 6 rings (SSSR count). The quantitative estimate of drug-likeness (QED) is 0.132. The number of benzene rings is 3. The number of pyridine rings is 2. The molecule has 0 unspecified atom stereocenters. The van der Waals surface area contributed by atoms with Gasteiger partial charge >= 0.3 is 0 Å². The van der Waals surface area contributed by atoms with Crippen LogP contribution in [0.1, 0.15) is 35.0 Å². The summed E-state index contributed by atoms with van der Waals surface area (Å²) in [5.74, 6) is 0.252. The average molecular weight is 756 g/mol. The molecule has 3 heterocycles. The Bertz CT molecular complexity index is 1820. The molecule has 3 aromatic heterocycles. The van der Waals surface area contributed by atoms with E-state index >= 15 is 0 Å². The molecule has 2 nitrogen and oxygen atoms in total. The molecule has 0 bridgehead atoms. The Kier molecular flexibility index (Phi) is 8.43. The molecule has 0 aliphatic rings. The first-order valence-corrected chi connectivity index (χ1v) is 17.6. The molecule has 3 aromatic carbocycles. The van der Waals surface area contributed by atoms with Gasteiger partial charge in [0.2, 0.25) is 0 Å². The predicted octanol–water partition coefficient (Wildman–Crippen LogP) is 9.58. The van der Waals surface area contributed by atoms with Gasteiger partial charge in [0.15, 0.2) is 0 Å². The summed E-state index contributed by atoms with van der Waals surface area (Å²) in [5, 5.41) is 3.53. The minimum atomic E-state index is -2.08. The molecule has 0 saturated carbocycles. The number of thiophene rings is 1. The number of nitrogens with zero attached hydrogens (tertiary/aromatic N) is 2. The molecule has 6 heteroatoms. The van der Waals surface area contributed by atoms with Crippen molar-refractivity contribution in [3.63, 3.8) is 0 Å². The Hall–Kier alpha value is -3.02. The van der Waals surface area contributed by atoms with Gasteiger partial charge in [0.05, 0.1) is 8.07 Å². The summed E-state index contributed by atoms with van der Waals surface area (Å²) in [6.45, 7) is 9.10. The largest absolute Gasteiger partial charge is 0.305 e. The zero-order chi connectivity index (χ0) is 30.9. The fourth-order valence-electron chi connectivity index (χ4n) is 4.43.